The van der Waals surface area contributed by atoms with Gasteiger partial charge in [-0.3, -0.25) is 4.79 Å². The minimum Gasteiger partial charge on any atom is -0.369 e. The molecule has 1 heterocycles. The number of benzene rings is 1. The van der Waals surface area contributed by atoms with Gasteiger partial charge in [0.25, 0.3) is 0 Å². The van der Waals surface area contributed by atoms with Gasteiger partial charge in [-0.15, -0.1) is 0 Å². The van der Waals surface area contributed by atoms with Crippen molar-refractivity contribution in [2.24, 2.45) is 11.1 Å². The Morgan fingerprint density at radius 3 is 2.83 bits per heavy atom. The monoisotopic (exact) mass is 262 g/mol. The molecular formula is C14H15ClN2O. The molecule has 0 aliphatic heterocycles. The van der Waals surface area contributed by atoms with Crippen LogP contribution in [0.15, 0.2) is 24.4 Å². The van der Waals surface area contributed by atoms with E-state index in [1.807, 2.05) is 24.4 Å². The van der Waals surface area contributed by atoms with Crippen molar-refractivity contribution in [2.45, 2.75) is 25.7 Å². The van der Waals surface area contributed by atoms with E-state index in [1.165, 1.54) is 0 Å². The molecule has 0 saturated heterocycles. The highest BCUT2D eigenvalue weighted by atomic mass is 35.5. The van der Waals surface area contributed by atoms with Crippen LogP contribution in [-0.2, 0) is 11.2 Å². The molecule has 1 aliphatic rings. The van der Waals surface area contributed by atoms with Crippen molar-refractivity contribution in [1.82, 2.24) is 4.98 Å². The predicted molar refractivity (Wildman–Crippen MR) is 72.5 cm³/mol. The van der Waals surface area contributed by atoms with Crippen LogP contribution in [0.3, 0.4) is 0 Å². The molecule has 18 heavy (non-hydrogen) atoms. The first-order chi connectivity index (χ1) is 8.62. The highest BCUT2D eigenvalue weighted by Gasteiger charge is 2.47. The third-order valence-electron chi connectivity index (χ3n) is 4.02. The summed E-state index contributed by atoms with van der Waals surface area (Å²) in [5, 5.41) is 1.91. The molecule has 1 amide bonds. The Morgan fingerprint density at radius 2 is 2.17 bits per heavy atom. The number of nitrogens with one attached hydrogen (secondary N) is 1. The molecule has 0 bridgehead atoms. The molecule has 0 spiro atoms. The van der Waals surface area contributed by atoms with Crippen LogP contribution in [0.4, 0.5) is 0 Å². The fourth-order valence-corrected chi connectivity index (χ4v) is 2.82. The molecule has 3 nitrogen and oxygen atoms in total. The van der Waals surface area contributed by atoms with Crippen molar-refractivity contribution in [3.8, 4) is 0 Å². The summed E-state index contributed by atoms with van der Waals surface area (Å²) in [4.78, 5) is 14.6. The van der Waals surface area contributed by atoms with Gasteiger partial charge in [-0.1, -0.05) is 11.6 Å². The number of hydrogen-bond acceptors (Lipinski definition) is 1. The lowest BCUT2D eigenvalue weighted by atomic mass is 9.95. The number of amides is 1. The summed E-state index contributed by atoms with van der Waals surface area (Å²) in [7, 11) is 0. The van der Waals surface area contributed by atoms with Crippen molar-refractivity contribution in [3.05, 3.63) is 35.0 Å². The second-order valence-corrected chi connectivity index (χ2v) is 5.52. The van der Waals surface area contributed by atoms with Crippen LogP contribution in [0.25, 0.3) is 10.9 Å². The number of H-pyrrole nitrogens is 1. The number of carbonyl (C=O) groups excluding carboxylic acids is 1. The van der Waals surface area contributed by atoms with Gasteiger partial charge in [0.2, 0.25) is 5.91 Å². The van der Waals surface area contributed by atoms with E-state index in [4.69, 9.17) is 17.3 Å². The van der Waals surface area contributed by atoms with Crippen molar-refractivity contribution in [2.75, 3.05) is 0 Å². The van der Waals surface area contributed by atoms with E-state index >= 15 is 0 Å². The van der Waals surface area contributed by atoms with E-state index in [-0.39, 0.29) is 11.3 Å². The second kappa shape index (κ2) is 4.02. The SMILES string of the molecule is NC(=O)C1(CCc2c(Cl)ccc3[nH]ccc23)CC1. The van der Waals surface area contributed by atoms with Gasteiger partial charge in [-0.2, -0.15) is 0 Å². The summed E-state index contributed by atoms with van der Waals surface area (Å²) in [5.41, 5.74) is 7.38. The standard InChI is InChI=1S/C14H15ClN2O/c15-11-1-2-12-10(4-8-17-12)9(11)3-5-14(6-7-14)13(16)18/h1-2,4,8,17H,3,5-7H2,(H2,16,18). The maximum Gasteiger partial charge on any atom is 0.223 e. The second-order valence-electron chi connectivity index (χ2n) is 5.11. The Bertz CT molecular complexity index is 613. The van der Waals surface area contributed by atoms with Crippen molar-refractivity contribution in [3.63, 3.8) is 0 Å². The zero-order valence-electron chi connectivity index (χ0n) is 10.0. The minimum absolute atomic E-state index is 0.167. The number of halogens is 1. The van der Waals surface area contributed by atoms with Crippen LogP contribution in [-0.4, -0.2) is 10.9 Å². The zero-order valence-corrected chi connectivity index (χ0v) is 10.8. The largest absolute Gasteiger partial charge is 0.369 e. The Kier molecular flexibility index (Phi) is 2.59. The van der Waals surface area contributed by atoms with Crippen LogP contribution in [0, 0.1) is 5.41 Å². The summed E-state index contributed by atoms with van der Waals surface area (Å²) in [6.45, 7) is 0. The first-order valence-electron chi connectivity index (χ1n) is 6.17. The molecule has 1 aromatic carbocycles. The number of aromatic amines is 1. The highest BCUT2D eigenvalue weighted by molar-refractivity contribution is 6.32. The van der Waals surface area contributed by atoms with Crippen molar-refractivity contribution >= 4 is 28.4 Å². The summed E-state index contributed by atoms with van der Waals surface area (Å²) in [6, 6.07) is 5.90. The zero-order chi connectivity index (χ0) is 12.8. The van der Waals surface area contributed by atoms with E-state index in [0.29, 0.717) is 0 Å². The quantitative estimate of drug-likeness (QED) is 0.874. The van der Waals surface area contributed by atoms with Crippen molar-refractivity contribution < 1.29 is 4.79 Å². The fourth-order valence-electron chi connectivity index (χ4n) is 2.56. The van der Waals surface area contributed by atoms with E-state index in [0.717, 1.165) is 47.2 Å². The maximum absolute atomic E-state index is 11.4. The van der Waals surface area contributed by atoms with Gasteiger partial charge >= 0.3 is 0 Å². The molecule has 3 N–H and O–H groups in total. The van der Waals surface area contributed by atoms with Gasteiger partial charge in [0, 0.05) is 27.5 Å². The molecule has 0 atom stereocenters. The number of carbonyl (C=O) groups is 1. The van der Waals surface area contributed by atoms with Crippen LogP contribution in [0.1, 0.15) is 24.8 Å². The minimum atomic E-state index is -0.262. The van der Waals surface area contributed by atoms with E-state index in [9.17, 15) is 4.79 Å². The molecule has 1 aliphatic carbocycles. The van der Waals surface area contributed by atoms with Crippen LogP contribution < -0.4 is 5.73 Å². The van der Waals surface area contributed by atoms with Crippen molar-refractivity contribution in [1.29, 1.82) is 0 Å². The number of aromatic nitrogens is 1. The Hall–Kier alpha value is -1.48. The smallest absolute Gasteiger partial charge is 0.223 e. The maximum atomic E-state index is 11.4. The molecule has 2 aromatic rings. The Labute approximate surface area is 110 Å². The van der Waals surface area contributed by atoms with E-state index in [2.05, 4.69) is 4.98 Å². The molecule has 0 unspecified atom stereocenters. The molecule has 4 heteroatoms. The third kappa shape index (κ3) is 1.79. The summed E-state index contributed by atoms with van der Waals surface area (Å²) in [6.07, 6.45) is 5.35. The molecule has 1 fully saturated rings. The molecule has 1 aromatic heterocycles. The highest BCUT2D eigenvalue weighted by Crippen LogP contribution is 2.49. The van der Waals surface area contributed by atoms with E-state index in [1.54, 1.807) is 0 Å². The van der Waals surface area contributed by atoms with Crippen LogP contribution >= 0.6 is 11.6 Å². The third-order valence-corrected chi connectivity index (χ3v) is 4.37. The molecular weight excluding hydrogens is 248 g/mol. The van der Waals surface area contributed by atoms with Crippen LogP contribution in [0.5, 0.6) is 0 Å². The normalized spacial score (nSPS) is 16.9. The number of hydrogen-bond donors (Lipinski definition) is 2. The average Bonchev–Trinajstić information content (AvgIpc) is 2.99. The summed E-state index contributed by atoms with van der Waals surface area (Å²) in [5.74, 6) is -0.167. The van der Waals surface area contributed by atoms with Gasteiger partial charge in [-0.05, 0) is 49.4 Å². The summed E-state index contributed by atoms with van der Waals surface area (Å²) < 4.78 is 0. The first kappa shape index (κ1) is 11.6. The van der Waals surface area contributed by atoms with Gasteiger partial charge in [-0.25, -0.2) is 0 Å². The Balaban J connectivity index is 1.88. The first-order valence-corrected chi connectivity index (χ1v) is 6.55. The molecule has 94 valence electrons. The number of nitrogens with two attached hydrogens (primary N) is 1. The van der Waals surface area contributed by atoms with Gasteiger partial charge < -0.3 is 10.7 Å². The molecule has 3 rings (SSSR count). The number of rotatable bonds is 4. The fraction of sp³-hybridized carbons (Fsp3) is 0.357. The lowest BCUT2D eigenvalue weighted by Gasteiger charge is -2.12. The number of primary amides is 1. The lowest BCUT2D eigenvalue weighted by Crippen LogP contribution is -2.25. The van der Waals surface area contributed by atoms with Crippen LogP contribution in [0.2, 0.25) is 5.02 Å². The number of aryl methyl sites for hydroxylation is 1. The van der Waals surface area contributed by atoms with Gasteiger partial charge in [0.15, 0.2) is 0 Å². The average molecular weight is 263 g/mol. The number of fused-ring (bicyclic) bond motifs is 1. The summed E-state index contributed by atoms with van der Waals surface area (Å²) >= 11 is 6.26. The van der Waals surface area contributed by atoms with E-state index < -0.39 is 0 Å². The van der Waals surface area contributed by atoms with Gasteiger partial charge in [0.05, 0.1) is 0 Å². The predicted octanol–water partition coefficient (Wildman–Crippen LogP) is 3.02. The Morgan fingerprint density at radius 1 is 1.39 bits per heavy atom. The topological polar surface area (TPSA) is 58.9 Å². The lowest BCUT2D eigenvalue weighted by molar-refractivity contribution is -0.123. The molecule has 1 saturated carbocycles. The molecule has 0 radical (unpaired) electrons. The van der Waals surface area contributed by atoms with Gasteiger partial charge in [0.1, 0.15) is 0 Å².